The second kappa shape index (κ2) is 9.16. The van der Waals surface area contributed by atoms with Gasteiger partial charge in [0.25, 0.3) is 5.19 Å². The van der Waals surface area contributed by atoms with Gasteiger partial charge in [-0.1, -0.05) is 6.07 Å². The van der Waals surface area contributed by atoms with Crippen molar-refractivity contribution in [2.75, 3.05) is 19.9 Å². The van der Waals surface area contributed by atoms with Gasteiger partial charge in [-0.2, -0.15) is 9.36 Å². The van der Waals surface area contributed by atoms with Crippen LogP contribution in [-0.4, -0.2) is 40.5 Å². The van der Waals surface area contributed by atoms with E-state index in [1.54, 1.807) is 0 Å². The van der Waals surface area contributed by atoms with Gasteiger partial charge in [-0.05, 0) is 74.1 Å². The predicted octanol–water partition coefficient (Wildman–Crippen LogP) is 5.41. The summed E-state index contributed by atoms with van der Waals surface area (Å²) >= 11 is 1.26. The van der Waals surface area contributed by atoms with Crippen molar-refractivity contribution in [3.8, 4) is 22.4 Å². The van der Waals surface area contributed by atoms with Gasteiger partial charge >= 0.3 is 0 Å². The summed E-state index contributed by atoms with van der Waals surface area (Å²) in [5.74, 6) is 3.05. The second-order valence-corrected chi connectivity index (χ2v) is 8.90. The molecule has 0 spiro atoms. The van der Waals surface area contributed by atoms with Crippen LogP contribution < -0.4 is 14.2 Å². The summed E-state index contributed by atoms with van der Waals surface area (Å²) in [5.41, 5.74) is 4.14. The average molecular weight is 451 g/mol. The first kappa shape index (κ1) is 20.8. The van der Waals surface area contributed by atoms with Gasteiger partial charge in [0.2, 0.25) is 6.79 Å². The molecular formula is C24H26N4O3S. The third-order valence-corrected chi connectivity index (χ3v) is 6.32. The number of aryl methyl sites for hydroxylation is 2. The van der Waals surface area contributed by atoms with Gasteiger partial charge in [-0.15, -0.1) is 0 Å². The predicted molar refractivity (Wildman–Crippen MR) is 125 cm³/mol. The van der Waals surface area contributed by atoms with Gasteiger partial charge < -0.3 is 19.1 Å². The summed E-state index contributed by atoms with van der Waals surface area (Å²) in [5, 5.41) is 0.535. The van der Waals surface area contributed by atoms with Gasteiger partial charge in [0.1, 0.15) is 5.75 Å². The van der Waals surface area contributed by atoms with Crippen molar-refractivity contribution < 1.29 is 14.2 Å². The van der Waals surface area contributed by atoms with Gasteiger partial charge in [-0.3, -0.25) is 0 Å². The molecule has 3 aromatic rings. The fourth-order valence-electron chi connectivity index (χ4n) is 3.88. The van der Waals surface area contributed by atoms with Gasteiger partial charge in [-0.25, -0.2) is 4.99 Å². The highest BCUT2D eigenvalue weighted by Gasteiger charge is 2.15. The smallest absolute Gasteiger partial charge is 0.298 e. The monoisotopic (exact) mass is 450 g/mol. The normalized spacial score (nSPS) is 15.5. The number of hydrogen-bond donors (Lipinski definition) is 0. The number of likely N-dealkylation sites (tertiary alicyclic amines) is 1. The fraction of sp³-hybridized carbons (Fsp3) is 0.375. The SMILES string of the molecule is Cc1cc(Oc2nc(Cc3ccc4c(c3)OCO4)ns2)c(C)cc1/N=C\N1CCCCC1. The number of benzene rings is 2. The molecule has 0 saturated carbocycles. The number of hydrogen-bond acceptors (Lipinski definition) is 7. The Bertz CT molecular complexity index is 1140. The lowest BCUT2D eigenvalue weighted by atomic mass is 10.1. The van der Waals surface area contributed by atoms with Crippen LogP contribution in [0.2, 0.25) is 0 Å². The number of nitrogens with zero attached hydrogens (tertiary/aromatic N) is 4. The molecule has 1 aromatic heterocycles. The molecule has 32 heavy (non-hydrogen) atoms. The highest BCUT2D eigenvalue weighted by Crippen LogP contribution is 2.34. The molecule has 5 rings (SSSR count). The van der Waals surface area contributed by atoms with Crippen LogP contribution in [0.4, 0.5) is 5.69 Å². The van der Waals surface area contributed by atoms with Crippen LogP contribution in [-0.2, 0) is 6.42 Å². The molecule has 0 unspecified atom stereocenters. The molecule has 2 aliphatic heterocycles. The van der Waals surface area contributed by atoms with Crippen LogP contribution in [0.15, 0.2) is 35.3 Å². The Labute approximate surface area is 191 Å². The van der Waals surface area contributed by atoms with E-state index in [-0.39, 0.29) is 6.79 Å². The molecular weight excluding hydrogens is 424 g/mol. The molecule has 1 fully saturated rings. The van der Waals surface area contributed by atoms with Crippen molar-refractivity contribution in [3.63, 3.8) is 0 Å². The Morgan fingerprint density at radius 2 is 1.91 bits per heavy atom. The molecule has 0 amide bonds. The maximum atomic E-state index is 6.07. The molecule has 2 aliphatic rings. The zero-order chi connectivity index (χ0) is 21.9. The summed E-state index contributed by atoms with van der Waals surface area (Å²) in [6.45, 7) is 6.54. The lowest BCUT2D eigenvalue weighted by Gasteiger charge is -2.23. The Kier molecular flexibility index (Phi) is 5.94. The summed E-state index contributed by atoms with van der Waals surface area (Å²) < 4.78 is 21.3. The third kappa shape index (κ3) is 4.70. The van der Waals surface area contributed by atoms with Crippen molar-refractivity contribution in [2.24, 2.45) is 4.99 Å². The van der Waals surface area contributed by atoms with E-state index in [2.05, 4.69) is 27.2 Å². The van der Waals surface area contributed by atoms with Crippen molar-refractivity contribution in [1.29, 1.82) is 0 Å². The maximum Gasteiger partial charge on any atom is 0.298 e. The lowest BCUT2D eigenvalue weighted by Crippen LogP contribution is -2.28. The van der Waals surface area contributed by atoms with Crippen LogP contribution in [0.5, 0.6) is 22.4 Å². The lowest BCUT2D eigenvalue weighted by molar-refractivity contribution is 0.174. The fourth-order valence-corrected chi connectivity index (χ4v) is 4.44. The van der Waals surface area contributed by atoms with Crippen LogP contribution in [0, 0.1) is 13.8 Å². The van der Waals surface area contributed by atoms with E-state index in [9.17, 15) is 0 Å². The summed E-state index contributed by atoms with van der Waals surface area (Å²) in [6, 6.07) is 9.99. The quantitative estimate of drug-likeness (QED) is 0.369. The first-order valence-electron chi connectivity index (χ1n) is 10.9. The minimum absolute atomic E-state index is 0.271. The van der Waals surface area contributed by atoms with Crippen LogP contribution in [0.25, 0.3) is 0 Å². The summed E-state index contributed by atoms with van der Waals surface area (Å²) in [7, 11) is 0. The van der Waals surface area contributed by atoms with Crippen molar-refractivity contribution in [1.82, 2.24) is 14.3 Å². The zero-order valence-corrected chi connectivity index (χ0v) is 19.2. The summed E-state index contributed by atoms with van der Waals surface area (Å²) in [6.07, 6.45) is 6.40. The van der Waals surface area contributed by atoms with Gasteiger partial charge in [0.15, 0.2) is 17.3 Å². The van der Waals surface area contributed by atoms with E-state index in [1.165, 1.54) is 30.8 Å². The van der Waals surface area contributed by atoms with E-state index in [4.69, 9.17) is 19.2 Å². The van der Waals surface area contributed by atoms with Crippen LogP contribution in [0.1, 0.15) is 41.8 Å². The highest BCUT2D eigenvalue weighted by atomic mass is 32.1. The van der Waals surface area contributed by atoms with Crippen molar-refractivity contribution in [2.45, 2.75) is 39.5 Å². The maximum absolute atomic E-state index is 6.07. The van der Waals surface area contributed by atoms with Crippen molar-refractivity contribution >= 4 is 23.6 Å². The number of fused-ring (bicyclic) bond motifs is 1. The molecule has 0 radical (unpaired) electrons. The van der Waals surface area contributed by atoms with Gasteiger partial charge in [0.05, 0.1) is 12.0 Å². The second-order valence-electron chi connectivity index (χ2n) is 8.19. The number of rotatable bonds is 6. The molecule has 0 aliphatic carbocycles. The molecule has 0 N–H and O–H groups in total. The molecule has 166 valence electrons. The highest BCUT2D eigenvalue weighted by molar-refractivity contribution is 7.07. The Hall–Kier alpha value is -3.13. The third-order valence-electron chi connectivity index (χ3n) is 5.69. The molecule has 7 nitrogen and oxygen atoms in total. The van der Waals surface area contributed by atoms with Crippen LogP contribution >= 0.6 is 11.5 Å². The van der Waals surface area contributed by atoms with E-state index in [0.29, 0.717) is 11.6 Å². The number of ether oxygens (including phenoxy) is 3. The van der Waals surface area contributed by atoms with E-state index in [1.807, 2.05) is 37.5 Å². The molecule has 0 atom stereocenters. The van der Waals surface area contributed by atoms with E-state index >= 15 is 0 Å². The molecule has 3 heterocycles. The molecule has 1 saturated heterocycles. The molecule has 2 aromatic carbocycles. The largest absolute Gasteiger partial charge is 0.454 e. The Morgan fingerprint density at radius 3 is 2.78 bits per heavy atom. The average Bonchev–Trinajstić information content (AvgIpc) is 3.45. The van der Waals surface area contributed by atoms with Crippen LogP contribution in [0.3, 0.4) is 0 Å². The number of aromatic nitrogens is 2. The topological polar surface area (TPSA) is 69.1 Å². The molecule has 8 heteroatoms. The van der Waals surface area contributed by atoms with E-state index < -0.39 is 0 Å². The first-order chi connectivity index (χ1) is 15.6. The standard InChI is InChI=1S/C24H26N4O3S/c1-16-11-21(17(2)10-19(16)25-14-28-8-4-3-5-9-28)31-24-26-23(27-32-24)13-18-6-7-20-22(12-18)30-15-29-20/h6-7,10-12,14H,3-5,8-9,13,15H2,1-2H3/b25-14-. The molecule has 0 bridgehead atoms. The van der Waals surface area contributed by atoms with Gasteiger partial charge in [0, 0.05) is 31.0 Å². The van der Waals surface area contributed by atoms with Crippen molar-refractivity contribution in [3.05, 3.63) is 52.8 Å². The minimum atomic E-state index is 0.271. The number of aliphatic imine (C=N–C) groups is 1. The summed E-state index contributed by atoms with van der Waals surface area (Å²) in [4.78, 5) is 11.6. The minimum Gasteiger partial charge on any atom is -0.454 e. The van der Waals surface area contributed by atoms with E-state index in [0.717, 1.165) is 58.5 Å². The zero-order valence-electron chi connectivity index (χ0n) is 18.3. The number of piperidine rings is 1. The Balaban J connectivity index is 1.25. The first-order valence-corrected chi connectivity index (χ1v) is 11.7. The Morgan fingerprint density at radius 1 is 1.06 bits per heavy atom.